The maximum Gasteiger partial charge on any atom is 0.200 e. The predicted molar refractivity (Wildman–Crippen MR) is 55.4 cm³/mol. The Balaban J connectivity index is 2.10. The summed E-state index contributed by atoms with van der Waals surface area (Å²) in [6, 6.07) is 3.69. The van der Waals surface area contributed by atoms with Crippen molar-refractivity contribution in [3.63, 3.8) is 0 Å². The van der Waals surface area contributed by atoms with Crippen LogP contribution in [0.25, 0.3) is 5.65 Å². The quantitative estimate of drug-likeness (QED) is 0.732. The van der Waals surface area contributed by atoms with Gasteiger partial charge in [-0.05, 0) is 28.8 Å². The van der Waals surface area contributed by atoms with Crippen LogP contribution in [0.15, 0.2) is 12.1 Å². The first-order chi connectivity index (χ1) is 6.90. The van der Waals surface area contributed by atoms with E-state index in [9.17, 15) is 0 Å². The van der Waals surface area contributed by atoms with E-state index in [4.69, 9.17) is 0 Å². The minimum Gasteiger partial charge on any atom is -0.368 e. The molecular weight excluding hydrogens is 200 g/mol. The second-order valence-corrected chi connectivity index (χ2v) is 3.65. The average molecular weight is 210 g/mol. The molecule has 0 bridgehead atoms. The maximum atomic E-state index is 4.17. The highest BCUT2D eigenvalue weighted by molar-refractivity contribution is 7.98. The largest absolute Gasteiger partial charge is 0.368 e. The van der Waals surface area contributed by atoms with Gasteiger partial charge in [-0.2, -0.15) is 11.8 Å². The summed E-state index contributed by atoms with van der Waals surface area (Å²) >= 11 is 1.79. The number of thioether (sulfide) groups is 1. The van der Waals surface area contributed by atoms with Gasteiger partial charge in [-0.1, -0.05) is 0 Å². The van der Waals surface area contributed by atoms with Crippen molar-refractivity contribution < 1.29 is 0 Å². The van der Waals surface area contributed by atoms with Crippen molar-refractivity contribution in [1.29, 1.82) is 0 Å². The summed E-state index contributed by atoms with van der Waals surface area (Å²) in [5, 5.41) is 18.3. The van der Waals surface area contributed by atoms with Crippen molar-refractivity contribution in [1.82, 2.24) is 25.3 Å². The molecule has 0 spiro atoms. The van der Waals surface area contributed by atoms with Crippen LogP contribution in [0, 0.1) is 0 Å². The Kier molecular flexibility index (Phi) is 2.78. The zero-order valence-corrected chi connectivity index (χ0v) is 8.53. The lowest BCUT2D eigenvalue weighted by Crippen LogP contribution is -2.07. The molecule has 14 heavy (non-hydrogen) atoms. The van der Waals surface area contributed by atoms with E-state index in [1.807, 2.05) is 12.1 Å². The molecule has 0 atom stereocenters. The number of anilines is 1. The Bertz CT molecular complexity index is 413. The van der Waals surface area contributed by atoms with Crippen LogP contribution in [0.1, 0.15) is 0 Å². The molecule has 0 radical (unpaired) electrons. The summed E-state index contributed by atoms with van der Waals surface area (Å²) in [6.45, 7) is 0.891. The molecule has 2 heterocycles. The third kappa shape index (κ3) is 1.92. The molecule has 0 aliphatic rings. The number of aromatic nitrogens is 5. The van der Waals surface area contributed by atoms with Crippen molar-refractivity contribution in [2.24, 2.45) is 0 Å². The second-order valence-electron chi connectivity index (χ2n) is 2.66. The number of hydrogen-bond donors (Lipinski definition) is 1. The Hall–Kier alpha value is -1.37. The SMILES string of the molecule is CSCCNc1ccc2nnnn2n1. The summed E-state index contributed by atoms with van der Waals surface area (Å²) in [6.07, 6.45) is 2.07. The lowest BCUT2D eigenvalue weighted by atomic mass is 10.5. The molecule has 0 aliphatic heterocycles. The molecule has 2 aromatic rings. The molecule has 7 heteroatoms. The van der Waals surface area contributed by atoms with E-state index in [0.29, 0.717) is 5.65 Å². The van der Waals surface area contributed by atoms with E-state index >= 15 is 0 Å². The van der Waals surface area contributed by atoms with E-state index in [1.165, 1.54) is 4.63 Å². The average Bonchev–Trinajstić information content (AvgIpc) is 2.65. The minimum atomic E-state index is 0.653. The number of fused-ring (bicyclic) bond motifs is 1. The van der Waals surface area contributed by atoms with Gasteiger partial charge in [-0.25, -0.2) is 0 Å². The Morgan fingerprint density at radius 3 is 3.29 bits per heavy atom. The maximum absolute atomic E-state index is 4.17. The molecule has 2 aromatic heterocycles. The Labute approximate surface area is 85.1 Å². The van der Waals surface area contributed by atoms with Gasteiger partial charge in [-0.15, -0.1) is 14.8 Å². The van der Waals surface area contributed by atoms with Crippen LogP contribution >= 0.6 is 11.8 Å². The number of rotatable bonds is 4. The molecule has 6 nitrogen and oxygen atoms in total. The van der Waals surface area contributed by atoms with Crippen LogP contribution < -0.4 is 5.32 Å². The van der Waals surface area contributed by atoms with Crippen molar-refractivity contribution in [3.05, 3.63) is 12.1 Å². The lowest BCUT2D eigenvalue weighted by molar-refractivity contribution is 0.735. The zero-order chi connectivity index (χ0) is 9.80. The summed E-state index contributed by atoms with van der Waals surface area (Å²) in [5.74, 6) is 1.84. The standard InChI is InChI=1S/C7H10N6S/c1-14-5-4-8-6-2-3-7-9-11-12-13(7)10-6/h2-3H,4-5H2,1H3,(H,8,10). The number of nitrogens with one attached hydrogen (secondary N) is 1. The first-order valence-electron chi connectivity index (χ1n) is 4.18. The van der Waals surface area contributed by atoms with E-state index < -0.39 is 0 Å². The molecule has 0 fully saturated rings. The van der Waals surface area contributed by atoms with E-state index in [1.54, 1.807) is 11.8 Å². The van der Waals surface area contributed by atoms with Gasteiger partial charge in [0, 0.05) is 12.3 Å². The van der Waals surface area contributed by atoms with Crippen LogP contribution in [-0.2, 0) is 0 Å². The highest BCUT2D eigenvalue weighted by atomic mass is 32.2. The second kappa shape index (κ2) is 4.23. The molecule has 1 N–H and O–H groups in total. The van der Waals surface area contributed by atoms with Crippen molar-refractivity contribution >= 4 is 23.2 Å². The fraction of sp³-hybridized carbons (Fsp3) is 0.429. The summed E-state index contributed by atoms with van der Waals surface area (Å²) in [7, 11) is 0. The van der Waals surface area contributed by atoms with Crippen LogP contribution in [0.5, 0.6) is 0 Å². The number of tetrazole rings is 1. The van der Waals surface area contributed by atoms with Gasteiger partial charge in [0.05, 0.1) is 0 Å². The number of nitrogens with zero attached hydrogens (tertiary/aromatic N) is 5. The minimum absolute atomic E-state index is 0.653. The lowest BCUT2D eigenvalue weighted by Gasteiger charge is -2.02. The topological polar surface area (TPSA) is 68.0 Å². The van der Waals surface area contributed by atoms with Gasteiger partial charge in [-0.3, -0.25) is 0 Å². The summed E-state index contributed by atoms with van der Waals surface area (Å²) in [4.78, 5) is 0. The molecule has 0 amide bonds. The van der Waals surface area contributed by atoms with Gasteiger partial charge in [0.2, 0.25) is 0 Å². The van der Waals surface area contributed by atoms with E-state index in [-0.39, 0.29) is 0 Å². The summed E-state index contributed by atoms with van der Waals surface area (Å²) in [5.41, 5.74) is 0.653. The zero-order valence-electron chi connectivity index (χ0n) is 7.71. The first kappa shape index (κ1) is 9.20. The van der Waals surface area contributed by atoms with Crippen molar-refractivity contribution in [2.75, 3.05) is 23.9 Å². The Morgan fingerprint density at radius 1 is 1.50 bits per heavy atom. The monoisotopic (exact) mass is 210 g/mol. The molecule has 0 aliphatic carbocycles. The van der Waals surface area contributed by atoms with E-state index in [2.05, 4.69) is 32.2 Å². The third-order valence-electron chi connectivity index (χ3n) is 1.68. The molecule has 0 saturated heterocycles. The Morgan fingerprint density at radius 2 is 2.43 bits per heavy atom. The smallest absolute Gasteiger partial charge is 0.200 e. The van der Waals surface area contributed by atoms with Crippen LogP contribution in [0.4, 0.5) is 5.82 Å². The molecule has 2 rings (SSSR count). The van der Waals surface area contributed by atoms with Crippen LogP contribution in [-0.4, -0.2) is 43.8 Å². The fourth-order valence-electron chi connectivity index (χ4n) is 1.03. The highest BCUT2D eigenvalue weighted by Crippen LogP contribution is 2.03. The molecule has 0 saturated carbocycles. The summed E-state index contributed by atoms with van der Waals surface area (Å²) < 4.78 is 1.40. The normalized spacial score (nSPS) is 10.6. The van der Waals surface area contributed by atoms with Crippen molar-refractivity contribution in [2.45, 2.75) is 0 Å². The third-order valence-corrected chi connectivity index (χ3v) is 2.29. The highest BCUT2D eigenvalue weighted by Gasteiger charge is 1.98. The fourth-order valence-corrected chi connectivity index (χ4v) is 1.33. The molecular formula is C7H10N6S. The molecule has 74 valence electrons. The van der Waals surface area contributed by atoms with Crippen LogP contribution in [0.3, 0.4) is 0 Å². The van der Waals surface area contributed by atoms with Gasteiger partial charge >= 0.3 is 0 Å². The van der Waals surface area contributed by atoms with Crippen LogP contribution in [0.2, 0.25) is 0 Å². The first-order valence-corrected chi connectivity index (χ1v) is 5.58. The van der Waals surface area contributed by atoms with Gasteiger partial charge in [0.25, 0.3) is 0 Å². The molecule has 0 aromatic carbocycles. The van der Waals surface area contributed by atoms with Gasteiger partial charge in [0.15, 0.2) is 5.65 Å². The number of hydrogen-bond acceptors (Lipinski definition) is 6. The van der Waals surface area contributed by atoms with E-state index in [0.717, 1.165) is 18.1 Å². The predicted octanol–water partition coefficient (Wildman–Crippen LogP) is 0.294. The van der Waals surface area contributed by atoms with Gasteiger partial charge in [0.1, 0.15) is 5.82 Å². The van der Waals surface area contributed by atoms with Crippen molar-refractivity contribution in [3.8, 4) is 0 Å². The van der Waals surface area contributed by atoms with Gasteiger partial charge < -0.3 is 5.32 Å². The molecule has 0 unspecified atom stereocenters.